The average molecular weight is 272 g/mol. The van der Waals surface area contributed by atoms with Gasteiger partial charge >= 0.3 is 5.97 Å². The van der Waals surface area contributed by atoms with Crippen molar-refractivity contribution in [1.82, 2.24) is 0 Å². The van der Waals surface area contributed by atoms with Crippen LogP contribution in [-0.4, -0.2) is 31.4 Å². The average Bonchev–Trinajstić information content (AvgIpc) is 2.48. The van der Waals surface area contributed by atoms with Crippen LogP contribution in [0.3, 0.4) is 0 Å². The van der Waals surface area contributed by atoms with Crippen molar-refractivity contribution in [3.8, 4) is 16.9 Å². The number of rotatable bonds is 6. The van der Waals surface area contributed by atoms with E-state index in [1.54, 1.807) is 25.3 Å². The minimum atomic E-state index is -0.939. The quantitative estimate of drug-likeness (QED) is 0.821. The molecule has 0 aliphatic carbocycles. The van der Waals surface area contributed by atoms with E-state index in [2.05, 4.69) is 0 Å². The number of ether oxygens (including phenoxy) is 2. The van der Waals surface area contributed by atoms with Crippen LogP contribution in [0.2, 0.25) is 0 Å². The van der Waals surface area contributed by atoms with Gasteiger partial charge in [0.05, 0.1) is 12.2 Å². The normalized spacial score (nSPS) is 10.2. The highest BCUT2D eigenvalue weighted by molar-refractivity contribution is 5.96. The molecule has 0 saturated carbocycles. The molecule has 104 valence electrons. The first-order valence-electron chi connectivity index (χ1n) is 6.27. The van der Waals surface area contributed by atoms with Crippen LogP contribution in [0.4, 0.5) is 0 Å². The maximum Gasteiger partial charge on any atom is 0.336 e. The lowest BCUT2D eigenvalue weighted by Gasteiger charge is -2.09. The van der Waals surface area contributed by atoms with Crippen molar-refractivity contribution in [2.45, 2.75) is 0 Å². The highest BCUT2D eigenvalue weighted by atomic mass is 16.5. The molecule has 0 bridgehead atoms. The van der Waals surface area contributed by atoms with Crippen LogP contribution < -0.4 is 4.74 Å². The van der Waals surface area contributed by atoms with E-state index in [0.29, 0.717) is 24.5 Å². The van der Waals surface area contributed by atoms with Crippen LogP contribution in [0.1, 0.15) is 10.4 Å². The number of aromatic carboxylic acids is 1. The molecule has 2 rings (SSSR count). The Kier molecular flexibility index (Phi) is 4.74. The zero-order valence-electron chi connectivity index (χ0n) is 11.2. The van der Waals surface area contributed by atoms with Gasteiger partial charge in [-0.2, -0.15) is 0 Å². The first-order chi connectivity index (χ1) is 9.72. The molecule has 4 nitrogen and oxygen atoms in total. The van der Waals surface area contributed by atoms with Crippen molar-refractivity contribution in [3.63, 3.8) is 0 Å². The third kappa shape index (κ3) is 3.36. The Balaban J connectivity index is 2.29. The molecule has 0 atom stereocenters. The SMILES string of the molecule is COCCOc1cccc(-c2ccccc2C(=O)O)c1. The second kappa shape index (κ2) is 6.73. The number of carbonyl (C=O) groups is 1. The minimum Gasteiger partial charge on any atom is -0.491 e. The molecule has 0 heterocycles. The zero-order chi connectivity index (χ0) is 14.4. The number of methoxy groups -OCH3 is 1. The Morgan fingerprint density at radius 2 is 1.90 bits per heavy atom. The first kappa shape index (κ1) is 14.1. The Labute approximate surface area is 117 Å². The molecular weight excluding hydrogens is 256 g/mol. The number of carboxylic acids is 1. The summed E-state index contributed by atoms with van der Waals surface area (Å²) in [6.07, 6.45) is 0. The maximum atomic E-state index is 11.2. The predicted molar refractivity (Wildman–Crippen MR) is 76.2 cm³/mol. The van der Waals surface area contributed by atoms with Crippen LogP contribution in [0.15, 0.2) is 48.5 Å². The highest BCUT2D eigenvalue weighted by Gasteiger charge is 2.11. The lowest BCUT2D eigenvalue weighted by Crippen LogP contribution is -2.04. The second-order valence-corrected chi connectivity index (χ2v) is 4.22. The van der Waals surface area contributed by atoms with Gasteiger partial charge in [-0.1, -0.05) is 30.3 Å². The van der Waals surface area contributed by atoms with Crippen molar-refractivity contribution >= 4 is 5.97 Å². The van der Waals surface area contributed by atoms with Gasteiger partial charge in [0.1, 0.15) is 12.4 Å². The van der Waals surface area contributed by atoms with E-state index in [-0.39, 0.29) is 5.56 Å². The fourth-order valence-electron chi connectivity index (χ4n) is 1.92. The van der Waals surface area contributed by atoms with Gasteiger partial charge in [-0.25, -0.2) is 4.79 Å². The summed E-state index contributed by atoms with van der Waals surface area (Å²) in [6.45, 7) is 0.969. The van der Waals surface area contributed by atoms with E-state index in [9.17, 15) is 9.90 Å². The molecule has 0 aliphatic heterocycles. The van der Waals surface area contributed by atoms with Gasteiger partial charge in [0.25, 0.3) is 0 Å². The maximum absolute atomic E-state index is 11.2. The smallest absolute Gasteiger partial charge is 0.336 e. The zero-order valence-corrected chi connectivity index (χ0v) is 11.2. The molecule has 20 heavy (non-hydrogen) atoms. The molecule has 1 N–H and O–H groups in total. The molecule has 2 aromatic carbocycles. The molecular formula is C16H16O4. The van der Waals surface area contributed by atoms with E-state index < -0.39 is 5.97 Å². The van der Waals surface area contributed by atoms with Gasteiger partial charge in [-0.15, -0.1) is 0 Å². The lowest BCUT2D eigenvalue weighted by molar-refractivity contribution is 0.0697. The topological polar surface area (TPSA) is 55.8 Å². The molecule has 0 aromatic heterocycles. The van der Waals surface area contributed by atoms with E-state index in [4.69, 9.17) is 9.47 Å². The van der Waals surface area contributed by atoms with Gasteiger partial charge in [0, 0.05) is 7.11 Å². The summed E-state index contributed by atoms with van der Waals surface area (Å²) in [7, 11) is 1.61. The van der Waals surface area contributed by atoms with E-state index in [0.717, 1.165) is 5.56 Å². The molecule has 4 heteroatoms. The van der Waals surface area contributed by atoms with Crippen molar-refractivity contribution in [2.24, 2.45) is 0 Å². The standard InChI is InChI=1S/C16H16O4/c1-19-9-10-20-13-6-4-5-12(11-13)14-7-2-3-8-15(14)16(17)18/h2-8,11H,9-10H2,1H3,(H,17,18). The Bertz CT molecular complexity index is 593. The van der Waals surface area contributed by atoms with Crippen molar-refractivity contribution < 1.29 is 19.4 Å². The van der Waals surface area contributed by atoms with Crippen molar-refractivity contribution in [2.75, 3.05) is 20.3 Å². The summed E-state index contributed by atoms with van der Waals surface area (Å²) >= 11 is 0. The minimum absolute atomic E-state index is 0.279. The van der Waals surface area contributed by atoms with Crippen LogP contribution in [0, 0.1) is 0 Å². The van der Waals surface area contributed by atoms with E-state index >= 15 is 0 Å². The van der Waals surface area contributed by atoms with Crippen LogP contribution >= 0.6 is 0 Å². The summed E-state index contributed by atoms with van der Waals surface area (Å²) in [5, 5.41) is 9.22. The monoisotopic (exact) mass is 272 g/mol. The molecule has 2 aromatic rings. The summed E-state index contributed by atoms with van der Waals surface area (Å²) in [4.78, 5) is 11.2. The molecule has 0 radical (unpaired) electrons. The predicted octanol–water partition coefficient (Wildman–Crippen LogP) is 3.08. The summed E-state index contributed by atoms with van der Waals surface area (Å²) in [5.41, 5.74) is 1.77. The van der Waals surface area contributed by atoms with Crippen LogP contribution in [0.5, 0.6) is 5.75 Å². The fourth-order valence-corrected chi connectivity index (χ4v) is 1.92. The Hall–Kier alpha value is -2.33. The Morgan fingerprint density at radius 3 is 2.65 bits per heavy atom. The first-order valence-corrected chi connectivity index (χ1v) is 6.27. The van der Waals surface area contributed by atoms with Crippen molar-refractivity contribution in [1.29, 1.82) is 0 Å². The summed E-state index contributed by atoms with van der Waals surface area (Å²) in [6, 6.07) is 14.3. The highest BCUT2D eigenvalue weighted by Crippen LogP contribution is 2.27. The number of benzene rings is 2. The molecule has 0 fully saturated rings. The molecule has 0 spiro atoms. The third-order valence-electron chi connectivity index (χ3n) is 2.86. The molecule has 0 saturated heterocycles. The lowest BCUT2D eigenvalue weighted by atomic mass is 10.00. The third-order valence-corrected chi connectivity index (χ3v) is 2.86. The fraction of sp³-hybridized carbons (Fsp3) is 0.188. The van der Waals surface area contributed by atoms with Crippen LogP contribution in [0.25, 0.3) is 11.1 Å². The van der Waals surface area contributed by atoms with Gasteiger partial charge in [-0.05, 0) is 29.3 Å². The number of hydrogen-bond acceptors (Lipinski definition) is 3. The van der Waals surface area contributed by atoms with Gasteiger partial charge in [0.15, 0.2) is 0 Å². The summed E-state index contributed by atoms with van der Waals surface area (Å²) in [5.74, 6) is -0.244. The van der Waals surface area contributed by atoms with E-state index in [1.807, 2.05) is 30.3 Å². The molecule has 0 aliphatic rings. The second-order valence-electron chi connectivity index (χ2n) is 4.22. The largest absolute Gasteiger partial charge is 0.491 e. The van der Waals surface area contributed by atoms with Gasteiger partial charge in [0.2, 0.25) is 0 Å². The van der Waals surface area contributed by atoms with Crippen LogP contribution in [-0.2, 0) is 4.74 Å². The molecule has 0 amide bonds. The Morgan fingerprint density at radius 1 is 1.10 bits per heavy atom. The van der Waals surface area contributed by atoms with Gasteiger partial charge < -0.3 is 14.6 Å². The van der Waals surface area contributed by atoms with Crippen molar-refractivity contribution in [3.05, 3.63) is 54.1 Å². The number of carboxylic acid groups (broad SMARTS) is 1. The number of hydrogen-bond donors (Lipinski definition) is 1. The molecule has 0 unspecified atom stereocenters. The summed E-state index contributed by atoms with van der Waals surface area (Å²) < 4.78 is 10.5. The van der Waals surface area contributed by atoms with E-state index in [1.165, 1.54) is 0 Å². The van der Waals surface area contributed by atoms with Gasteiger partial charge in [-0.3, -0.25) is 0 Å².